The molecule has 4 heteroatoms. The number of allylic oxidation sites excluding steroid dienone is 1. The van der Waals surface area contributed by atoms with Gasteiger partial charge in [0.1, 0.15) is 0 Å². The average Bonchev–Trinajstić information content (AvgIpc) is 2.66. The summed E-state index contributed by atoms with van der Waals surface area (Å²) in [6.07, 6.45) is 17.4. The number of hydrogen-bond donors (Lipinski definition) is 2. The second-order valence-corrected chi connectivity index (χ2v) is 11.6. The Morgan fingerprint density at radius 3 is 2.27 bits per heavy atom. The van der Waals surface area contributed by atoms with E-state index in [1.165, 1.54) is 63.6 Å². The van der Waals surface area contributed by atoms with Crippen LogP contribution in [0.15, 0.2) is 37.5 Å². The molecule has 1 rings (SSSR count). The van der Waals surface area contributed by atoms with Crippen molar-refractivity contribution in [2.75, 3.05) is 6.54 Å². The van der Waals surface area contributed by atoms with Crippen LogP contribution in [0.25, 0.3) is 0 Å². The van der Waals surface area contributed by atoms with E-state index in [2.05, 4.69) is 60.5 Å². The third-order valence-corrected chi connectivity index (χ3v) is 11.0. The zero-order chi connectivity index (χ0) is 19.5. The normalized spacial score (nSPS) is 25.5. The first-order valence-electron chi connectivity index (χ1n) is 10.5. The van der Waals surface area contributed by atoms with E-state index in [0.717, 1.165) is 6.54 Å². The summed E-state index contributed by atoms with van der Waals surface area (Å²) in [5.74, 6) is 1.24. The number of unbranched alkanes of at least 4 members (excludes halogenated alkanes) is 3. The molecule has 2 unspecified atom stereocenters. The molecular formula is C22H41N3Sn. The molecule has 0 aliphatic carbocycles. The first-order valence-corrected chi connectivity index (χ1v) is 14.8. The molecule has 1 aliphatic rings. The zero-order valence-corrected chi connectivity index (χ0v) is 20.5. The van der Waals surface area contributed by atoms with Crippen molar-refractivity contribution in [3.8, 4) is 0 Å². The second-order valence-electron chi connectivity index (χ2n) is 7.40. The van der Waals surface area contributed by atoms with Crippen LogP contribution in [0.4, 0.5) is 0 Å². The molecule has 0 aromatic heterocycles. The summed E-state index contributed by atoms with van der Waals surface area (Å²) in [4.78, 5) is 5.20. The molecule has 3 nitrogen and oxygen atoms in total. The van der Waals surface area contributed by atoms with Crippen LogP contribution in [-0.4, -0.2) is 38.2 Å². The van der Waals surface area contributed by atoms with Gasteiger partial charge in [0, 0.05) is 0 Å². The van der Waals surface area contributed by atoms with E-state index >= 15 is 0 Å². The Morgan fingerprint density at radius 1 is 1.08 bits per heavy atom. The number of nitrogens with zero attached hydrogens (tertiary/aromatic N) is 1. The van der Waals surface area contributed by atoms with Crippen LogP contribution in [0.5, 0.6) is 0 Å². The first-order chi connectivity index (χ1) is 12.6. The van der Waals surface area contributed by atoms with Crippen molar-refractivity contribution in [3.05, 3.63) is 37.5 Å². The summed E-state index contributed by atoms with van der Waals surface area (Å²) in [5, 5.41) is 7.29. The Bertz CT molecular complexity index is 462. The van der Waals surface area contributed by atoms with E-state index in [4.69, 9.17) is 0 Å². The fourth-order valence-corrected chi connectivity index (χ4v) is 8.59. The van der Waals surface area contributed by atoms with Gasteiger partial charge in [0.15, 0.2) is 0 Å². The van der Waals surface area contributed by atoms with Crippen molar-refractivity contribution < 1.29 is 0 Å². The van der Waals surface area contributed by atoms with Gasteiger partial charge in [-0.1, -0.05) is 0 Å². The van der Waals surface area contributed by atoms with E-state index in [9.17, 15) is 0 Å². The molecule has 0 aromatic carbocycles. The summed E-state index contributed by atoms with van der Waals surface area (Å²) in [6.45, 7) is 16.0. The van der Waals surface area contributed by atoms with E-state index < -0.39 is 21.1 Å². The van der Waals surface area contributed by atoms with Crippen molar-refractivity contribution in [3.63, 3.8) is 0 Å². The molecule has 1 aliphatic heterocycles. The molecule has 1 heterocycles. The monoisotopic (exact) mass is 467 g/mol. The molecular weight excluding hydrogens is 425 g/mol. The van der Waals surface area contributed by atoms with Crippen molar-refractivity contribution in [2.24, 2.45) is 0 Å². The SMILES string of the molecule is C=CNC1=CC[C](CCCC)([Sn][CH3])C(CCCC)(NC=C)N1CCCC. The van der Waals surface area contributed by atoms with Gasteiger partial charge in [-0.05, 0) is 0 Å². The van der Waals surface area contributed by atoms with Gasteiger partial charge in [-0.15, -0.1) is 0 Å². The summed E-state index contributed by atoms with van der Waals surface area (Å²) in [7, 11) is 0. The Morgan fingerprint density at radius 2 is 1.73 bits per heavy atom. The van der Waals surface area contributed by atoms with Gasteiger partial charge in [0.2, 0.25) is 0 Å². The van der Waals surface area contributed by atoms with Crippen molar-refractivity contribution in [1.82, 2.24) is 15.5 Å². The maximum atomic E-state index is 4.09. The fraction of sp³-hybridized carbons (Fsp3) is 0.727. The molecule has 0 aromatic rings. The van der Waals surface area contributed by atoms with Gasteiger partial charge in [0.05, 0.1) is 0 Å². The van der Waals surface area contributed by atoms with Gasteiger partial charge in [-0.25, -0.2) is 0 Å². The van der Waals surface area contributed by atoms with Crippen LogP contribution in [0.2, 0.25) is 8.37 Å². The summed E-state index contributed by atoms with van der Waals surface area (Å²) in [6, 6.07) is 0. The topological polar surface area (TPSA) is 27.3 Å². The van der Waals surface area contributed by atoms with Crippen LogP contribution < -0.4 is 10.6 Å². The van der Waals surface area contributed by atoms with Crippen molar-refractivity contribution in [2.45, 2.75) is 92.6 Å². The van der Waals surface area contributed by atoms with Gasteiger partial charge < -0.3 is 0 Å². The summed E-state index contributed by atoms with van der Waals surface area (Å²) >= 11 is -0.574. The summed E-state index contributed by atoms with van der Waals surface area (Å²) < 4.78 is 0.399. The van der Waals surface area contributed by atoms with Crippen LogP contribution >= 0.6 is 0 Å². The van der Waals surface area contributed by atoms with E-state index in [1.807, 2.05) is 12.4 Å². The molecule has 0 saturated carbocycles. The average molecular weight is 466 g/mol. The van der Waals surface area contributed by atoms with Gasteiger partial charge in [-0.2, -0.15) is 0 Å². The third kappa shape index (κ3) is 5.02. The molecule has 2 radical (unpaired) electrons. The Hall–Kier alpha value is -0.581. The standard InChI is InChI=1S/C21H38N3.CH3.Sn/c1-6-11-14-19-15-16-20(22-9-4)24(18-13-8-3)21(19,23-10-5)17-12-7-2;;/h9-10,16,22-23H,4-8,11-15,17-18H2,1-3H3;1H3;. The quantitative estimate of drug-likeness (QED) is 0.318. The Kier molecular flexibility index (Phi) is 10.8. The number of hydrogen-bond acceptors (Lipinski definition) is 3. The van der Waals surface area contributed by atoms with Gasteiger partial charge in [-0.3, -0.25) is 0 Å². The van der Waals surface area contributed by atoms with Crippen molar-refractivity contribution >= 4 is 21.1 Å². The second kappa shape index (κ2) is 12.0. The van der Waals surface area contributed by atoms with Crippen LogP contribution in [-0.2, 0) is 0 Å². The van der Waals surface area contributed by atoms with Gasteiger partial charge in [0.25, 0.3) is 0 Å². The van der Waals surface area contributed by atoms with Crippen LogP contribution in [0, 0.1) is 0 Å². The molecule has 2 atom stereocenters. The third-order valence-electron chi connectivity index (χ3n) is 5.84. The molecule has 0 saturated heterocycles. The van der Waals surface area contributed by atoms with Crippen LogP contribution in [0.3, 0.4) is 0 Å². The first kappa shape index (κ1) is 23.5. The maximum absolute atomic E-state index is 4.09. The van der Waals surface area contributed by atoms with Crippen LogP contribution in [0.1, 0.15) is 78.6 Å². The molecule has 0 fully saturated rings. The van der Waals surface area contributed by atoms with Crippen molar-refractivity contribution in [1.29, 1.82) is 0 Å². The molecule has 2 N–H and O–H groups in total. The molecule has 148 valence electrons. The minimum absolute atomic E-state index is 0.00387. The Balaban J connectivity index is 3.49. The molecule has 26 heavy (non-hydrogen) atoms. The minimum atomic E-state index is -0.574. The number of rotatable bonds is 14. The van der Waals surface area contributed by atoms with E-state index in [1.54, 1.807) is 0 Å². The van der Waals surface area contributed by atoms with Gasteiger partial charge >= 0.3 is 173 Å². The molecule has 0 amide bonds. The molecule has 0 bridgehead atoms. The molecule has 0 spiro atoms. The predicted molar refractivity (Wildman–Crippen MR) is 117 cm³/mol. The fourth-order valence-electron chi connectivity index (χ4n) is 4.37. The summed E-state index contributed by atoms with van der Waals surface area (Å²) in [5.41, 5.74) is -0.00387. The van der Waals surface area contributed by atoms with E-state index in [-0.39, 0.29) is 5.66 Å². The zero-order valence-electron chi connectivity index (χ0n) is 17.7. The number of nitrogens with one attached hydrogen (secondary N) is 2. The predicted octanol–water partition coefficient (Wildman–Crippen LogP) is 5.79. The van der Waals surface area contributed by atoms with E-state index in [0.29, 0.717) is 3.43 Å². The Labute approximate surface area is 173 Å².